The molecule has 0 aliphatic rings. The van der Waals surface area contributed by atoms with Crippen molar-refractivity contribution < 1.29 is 13.2 Å². The van der Waals surface area contributed by atoms with E-state index in [0.717, 1.165) is 5.01 Å². The fraction of sp³-hybridized carbons (Fsp3) is 0.533. The highest BCUT2D eigenvalue weighted by Crippen LogP contribution is 2.40. The van der Waals surface area contributed by atoms with E-state index in [1.54, 1.807) is 0 Å². The largest absolute Gasteiger partial charge is 0.418 e. The summed E-state index contributed by atoms with van der Waals surface area (Å²) >= 11 is 1.35. The van der Waals surface area contributed by atoms with Crippen LogP contribution in [0.15, 0.2) is 12.1 Å². The van der Waals surface area contributed by atoms with E-state index in [0.29, 0.717) is 10.3 Å². The van der Waals surface area contributed by atoms with Crippen LogP contribution < -0.4 is 0 Å². The molecule has 0 radical (unpaired) electrons. The summed E-state index contributed by atoms with van der Waals surface area (Å²) in [6.45, 7) is 9.67. The van der Waals surface area contributed by atoms with Crippen LogP contribution in [0.25, 0.3) is 10.2 Å². The molecule has 0 unspecified atom stereocenters. The Morgan fingerprint density at radius 2 is 1.70 bits per heavy atom. The SMILES string of the molecule is CC(C)c1cc(C(F)(F)F)c2nc(C(C)(C)C)sc2c1. The van der Waals surface area contributed by atoms with Crippen molar-refractivity contribution in [3.8, 4) is 0 Å². The average molecular weight is 301 g/mol. The quantitative estimate of drug-likeness (QED) is 0.655. The minimum Gasteiger partial charge on any atom is -0.240 e. The molecule has 0 aliphatic heterocycles. The predicted octanol–water partition coefficient (Wildman–Crippen LogP) is 5.74. The minimum atomic E-state index is -4.37. The number of thiazole rings is 1. The van der Waals surface area contributed by atoms with E-state index >= 15 is 0 Å². The molecule has 0 amide bonds. The zero-order chi connectivity index (χ0) is 15.3. The Balaban J connectivity index is 2.78. The van der Waals surface area contributed by atoms with Crippen LogP contribution in [0.3, 0.4) is 0 Å². The number of fused-ring (bicyclic) bond motifs is 1. The summed E-state index contributed by atoms with van der Waals surface area (Å²) in [6.07, 6.45) is -4.37. The average Bonchev–Trinajstić information content (AvgIpc) is 2.68. The maximum absolute atomic E-state index is 13.2. The third-order valence-electron chi connectivity index (χ3n) is 3.13. The molecule has 0 bridgehead atoms. The summed E-state index contributed by atoms with van der Waals surface area (Å²) in [5.41, 5.74) is -0.0823. The van der Waals surface area contributed by atoms with Gasteiger partial charge in [-0.15, -0.1) is 11.3 Å². The lowest BCUT2D eigenvalue weighted by Gasteiger charge is -2.13. The van der Waals surface area contributed by atoms with Gasteiger partial charge in [-0.25, -0.2) is 4.98 Å². The molecule has 20 heavy (non-hydrogen) atoms. The zero-order valence-electron chi connectivity index (χ0n) is 12.2. The van der Waals surface area contributed by atoms with Crippen LogP contribution in [0.4, 0.5) is 13.2 Å². The van der Waals surface area contributed by atoms with Crippen LogP contribution in [-0.2, 0) is 11.6 Å². The lowest BCUT2D eigenvalue weighted by Crippen LogP contribution is -2.11. The molecule has 1 aromatic carbocycles. The molecular weight excluding hydrogens is 283 g/mol. The normalized spacial score (nSPS) is 13.4. The van der Waals surface area contributed by atoms with E-state index in [4.69, 9.17) is 0 Å². The number of benzene rings is 1. The van der Waals surface area contributed by atoms with Gasteiger partial charge in [-0.05, 0) is 23.6 Å². The Labute approximate surface area is 120 Å². The highest BCUT2D eigenvalue weighted by molar-refractivity contribution is 7.18. The van der Waals surface area contributed by atoms with E-state index in [-0.39, 0.29) is 16.8 Å². The molecule has 0 saturated heterocycles. The lowest BCUT2D eigenvalue weighted by atomic mass is 9.98. The molecular formula is C15H18F3NS. The van der Waals surface area contributed by atoms with Crippen molar-refractivity contribution >= 4 is 21.6 Å². The minimum absolute atomic E-state index is 0.0562. The molecule has 2 aromatic rings. The van der Waals surface area contributed by atoms with E-state index in [1.807, 2.05) is 40.7 Å². The first-order chi connectivity index (χ1) is 9.00. The molecule has 0 atom stereocenters. The van der Waals surface area contributed by atoms with Gasteiger partial charge >= 0.3 is 6.18 Å². The van der Waals surface area contributed by atoms with Gasteiger partial charge in [0.15, 0.2) is 0 Å². The van der Waals surface area contributed by atoms with Crippen LogP contribution in [0.1, 0.15) is 56.7 Å². The summed E-state index contributed by atoms with van der Waals surface area (Å²) in [5.74, 6) is 0.0562. The number of halogens is 3. The first-order valence-corrected chi connectivity index (χ1v) is 7.34. The summed E-state index contributed by atoms with van der Waals surface area (Å²) in [4.78, 5) is 4.25. The van der Waals surface area contributed by atoms with Crippen LogP contribution in [0.5, 0.6) is 0 Å². The number of nitrogens with zero attached hydrogens (tertiary/aromatic N) is 1. The summed E-state index contributed by atoms with van der Waals surface area (Å²) in [6, 6.07) is 3.07. The number of hydrogen-bond acceptors (Lipinski definition) is 2. The van der Waals surface area contributed by atoms with Crippen molar-refractivity contribution in [2.75, 3.05) is 0 Å². The monoisotopic (exact) mass is 301 g/mol. The van der Waals surface area contributed by atoms with Gasteiger partial charge < -0.3 is 0 Å². The number of hydrogen-bond donors (Lipinski definition) is 0. The van der Waals surface area contributed by atoms with Crippen molar-refractivity contribution in [1.29, 1.82) is 0 Å². The summed E-state index contributed by atoms with van der Waals surface area (Å²) in [7, 11) is 0. The van der Waals surface area contributed by atoms with Crippen LogP contribution >= 0.6 is 11.3 Å². The van der Waals surface area contributed by atoms with Crippen LogP contribution in [0.2, 0.25) is 0 Å². The molecule has 0 aliphatic carbocycles. The standard InChI is InChI=1S/C15H18F3NS/c1-8(2)9-6-10(15(16,17)18)12-11(7-9)20-13(19-12)14(3,4)5/h6-8H,1-5H3. The van der Waals surface area contributed by atoms with E-state index in [1.165, 1.54) is 17.4 Å². The fourth-order valence-electron chi connectivity index (χ4n) is 1.92. The van der Waals surface area contributed by atoms with Crippen LogP contribution in [-0.4, -0.2) is 4.98 Å². The first-order valence-electron chi connectivity index (χ1n) is 6.52. The lowest BCUT2D eigenvalue weighted by molar-refractivity contribution is -0.136. The number of alkyl halides is 3. The molecule has 110 valence electrons. The second-order valence-electron chi connectivity index (χ2n) is 6.34. The van der Waals surface area contributed by atoms with Gasteiger partial charge in [0.1, 0.15) is 0 Å². The molecule has 1 aromatic heterocycles. The van der Waals surface area contributed by atoms with Crippen molar-refractivity contribution in [2.45, 2.75) is 52.1 Å². The van der Waals surface area contributed by atoms with E-state index in [9.17, 15) is 13.2 Å². The van der Waals surface area contributed by atoms with Gasteiger partial charge in [0, 0.05) is 5.41 Å². The molecule has 1 nitrogen and oxygen atoms in total. The Kier molecular flexibility index (Phi) is 3.61. The van der Waals surface area contributed by atoms with Crippen molar-refractivity contribution in [3.63, 3.8) is 0 Å². The van der Waals surface area contributed by atoms with Gasteiger partial charge in [0.25, 0.3) is 0 Å². The van der Waals surface area contributed by atoms with Gasteiger partial charge in [-0.2, -0.15) is 13.2 Å². The molecule has 0 spiro atoms. The third kappa shape index (κ3) is 2.82. The molecule has 2 rings (SSSR count). The maximum Gasteiger partial charge on any atom is 0.418 e. The highest BCUT2D eigenvalue weighted by atomic mass is 32.1. The highest BCUT2D eigenvalue weighted by Gasteiger charge is 2.35. The maximum atomic E-state index is 13.2. The van der Waals surface area contributed by atoms with Crippen molar-refractivity contribution in [3.05, 3.63) is 28.3 Å². The topological polar surface area (TPSA) is 12.9 Å². The van der Waals surface area contributed by atoms with Crippen molar-refractivity contribution in [2.24, 2.45) is 0 Å². The first kappa shape index (κ1) is 15.3. The Bertz CT molecular complexity index is 633. The fourth-order valence-corrected chi connectivity index (χ4v) is 3.02. The Hall–Kier alpha value is -1.10. The molecule has 1 heterocycles. The molecule has 0 N–H and O–H groups in total. The zero-order valence-corrected chi connectivity index (χ0v) is 13.0. The van der Waals surface area contributed by atoms with Crippen LogP contribution in [0, 0.1) is 0 Å². The Morgan fingerprint density at radius 1 is 1.10 bits per heavy atom. The smallest absolute Gasteiger partial charge is 0.240 e. The van der Waals surface area contributed by atoms with Gasteiger partial charge in [0.05, 0.1) is 20.8 Å². The summed E-state index contributed by atoms with van der Waals surface area (Å²) in [5, 5.41) is 0.735. The Morgan fingerprint density at radius 3 is 2.15 bits per heavy atom. The molecule has 5 heteroatoms. The van der Waals surface area contributed by atoms with Gasteiger partial charge in [-0.1, -0.05) is 34.6 Å². The number of rotatable bonds is 1. The second-order valence-corrected chi connectivity index (χ2v) is 7.37. The van der Waals surface area contributed by atoms with E-state index < -0.39 is 11.7 Å². The number of aromatic nitrogens is 1. The second kappa shape index (κ2) is 4.72. The summed E-state index contributed by atoms with van der Waals surface area (Å²) < 4.78 is 40.3. The molecule has 0 saturated carbocycles. The third-order valence-corrected chi connectivity index (χ3v) is 4.56. The van der Waals surface area contributed by atoms with Gasteiger partial charge in [0.2, 0.25) is 0 Å². The molecule has 0 fully saturated rings. The van der Waals surface area contributed by atoms with Crippen molar-refractivity contribution in [1.82, 2.24) is 4.98 Å². The van der Waals surface area contributed by atoms with E-state index in [2.05, 4.69) is 4.98 Å². The predicted molar refractivity (Wildman–Crippen MR) is 77.4 cm³/mol. The van der Waals surface area contributed by atoms with Gasteiger partial charge in [-0.3, -0.25) is 0 Å².